The van der Waals surface area contributed by atoms with Crippen LogP contribution in [0.5, 0.6) is 0 Å². The largest absolute Gasteiger partial charge is 0.264 e. The van der Waals surface area contributed by atoms with Gasteiger partial charge < -0.3 is 0 Å². The van der Waals surface area contributed by atoms with Crippen LogP contribution in [0.3, 0.4) is 0 Å². The van der Waals surface area contributed by atoms with Crippen molar-refractivity contribution in [3.63, 3.8) is 0 Å². The third-order valence-electron chi connectivity index (χ3n) is 2.46. The van der Waals surface area contributed by atoms with Crippen LogP contribution in [0.15, 0.2) is 48.8 Å². The lowest BCUT2D eigenvalue weighted by molar-refractivity contribution is 1.37. The van der Waals surface area contributed by atoms with Crippen LogP contribution in [0, 0.1) is 6.07 Å². The molecule has 3 rings (SSSR count). The molecule has 0 bridgehead atoms. The quantitative estimate of drug-likeness (QED) is 0.482. The monoisotopic (exact) mass is 178 g/mol. The van der Waals surface area contributed by atoms with Crippen molar-refractivity contribution in [2.45, 2.75) is 0 Å². The van der Waals surface area contributed by atoms with Crippen molar-refractivity contribution in [1.82, 2.24) is 4.98 Å². The van der Waals surface area contributed by atoms with Gasteiger partial charge in [0.15, 0.2) is 0 Å². The molecule has 0 aliphatic carbocycles. The van der Waals surface area contributed by atoms with Crippen LogP contribution in [0.4, 0.5) is 0 Å². The minimum Gasteiger partial charge on any atom is -0.264 e. The van der Waals surface area contributed by atoms with Gasteiger partial charge in [-0.1, -0.05) is 24.3 Å². The van der Waals surface area contributed by atoms with Crippen LogP contribution in [-0.4, -0.2) is 4.98 Å². The van der Waals surface area contributed by atoms with E-state index in [0.717, 1.165) is 5.39 Å². The summed E-state index contributed by atoms with van der Waals surface area (Å²) in [6.45, 7) is 0. The molecule has 0 unspecified atom stereocenters. The first-order valence-corrected chi connectivity index (χ1v) is 4.58. The van der Waals surface area contributed by atoms with Crippen LogP contribution in [0.2, 0.25) is 0 Å². The molecule has 1 radical (unpaired) electrons. The molecule has 0 aliphatic heterocycles. The molecule has 0 saturated carbocycles. The van der Waals surface area contributed by atoms with Crippen molar-refractivity contribution in [2.24, 2.45) is 0 Å². The average molecular weight is 178 g/mol. The van der Waals surface area contributed by atoms with Gasteiger partial charge in [-0.15, -0.1) is 0 Å². The summed E-state index contributed by atoms with van der Waals surface area (Å²) in [6, 6.07) is 15.5. The van der Waals surface area contributed by atoms with Gasteiger partial charge in [0.2, 0.25) is 0 Å². The molecule has 0 fully saturated rings. The van der Waals surface area contributed by atoms with Crippen molar-refractivity contribution in [3.8, 4) is 0 Å². The van der Waals surface area contributed by atoms with Gasteiger partial charge in [-0.3, -0.25) is 4.98 Å². The fourth-order valence-corrected chi connectivity index (χ4v) is 1.76. The normalized spacial score (nSPS) is 10.9. The molecule has 0 saturated heterocycles. The molecule has 65 valence electrons. The molecular weight excluding hydrogens is 170 g/mol. The summed E-state index contributed by atoms with van der Waals surface area (Å²) in [4.78, 5) is 4.15. The zero-order chi connectivity index (χ0) is 9.38. The molecule has 1 aromatic heterocycles. The summed E-state index contributed by atoms with van der Waals surface area (Å²) in [5, 5.41) is 4.76. The minimum absolute atomic E-state index is 1.15. The van der Waals surface area contributed by atoms with Crippen LogP contribution in [-0.2, 0) is 0 Å². The molecule has 1 heteroatoms. The molecule has 2 aromatic carbocycles. The molecule has 3 aromatic rings. The van der Waals surface area contributed by atoms with E-state index in [-0.39, 0.29) is 0 Å². The Balaban J connectivity index is 2.61. The van der Waals surface area contributed by atoms with Crippen LogP contribution < -0.4 is 0 Å². The maximum Gasteiger partial charge on any atom is 0.0352 e. The Hall–Kier alpha value is -1.89. The standard InChI is InChI=1S/C13H8N/c1-2-4-12-10(3-1)5-6-11-7-8-14-9-13(11)12/h1-4,6-9H. The Bertz CT molecular complexity index is 544. The summed E-state index contributed by atoms with van der Waals surface area (Å²) < 4.78 is 0. The number of aromatic nitrogens is 1. The fraction of sp³-hybridized carbons (Fsp3) is 0. The predicted octanol–water partition coefficient (Wildman–Crippen LogP) is 3.19. The Morgan fingerprint density at radius 1 is 1.00 bits per heavy atom. The summed E-state index contributed by atoms with van der Waals surface area (Å²) in [6.07, 6.45) is 3.72. The first kappa shape index (κ1) is 7.51. The first-order valence-electron chi connectivity index (χ1n) is 4.58. The van der Waals surface area contributed by atoms with Crippen molar-refractivity contribution in [2.75, 3.05) is 0 Å². The van der Waals surface area contributed by atoms with E-state index in [9.17, 15) is 0 Å². The summed E-state index contributed by atoms with van der Waals surface area (Å²) in [5.41, 5.74) is 0. The Labute approximate surface area is 82.0 Å². The Morgan fingerprint density at radius 3 is 2.93 bits per heavy atom. The summed E-state index contributed by atoms with van der Waals surface area (Å²) in [7, 11) is 0. The second kappa shape index (κ2) is 2.81. The molecule has 0 aliphatic rings. The van der Waals surface area contributed by atoms with Gasteiger partial charge in [-0.2, -0.15) is 0 Å². The zero-order valence-corrected chi connectivity index (χ0v) is 7.57. The molecular formula is C13H8N. The van der Waals surface area contributed by atoms with Crippen molar-refractivity contribution >= 4 is 21.5 Å². The average Bonchev–Trinajstić information content (AvgIpc) is 2.29. The third-order valence-corrected chi connectivity index (χ3v) is 2.46. The topological polar surface area (TPSA) is 12.9 Å². The SMILES string of the molecule is [c]1cc2ccncc2c2ccccc12. The molecule has 1 nitrogen and oxygen atoms in total. The number of benzene rings is 2. The molecule has 0 amide bonds. The van der Waals surface area contributed by atoms with Crippen LogP contribution >= 0.6 is 0 Å². The highest BCUT2D eigenvalue weighted by Crippen LogP contribution is 2.23. The van der Waals surface area contributed by atoms with Gasteiger partial charge in [-0.25, -0.2) is 0 Å². The zero-order valence-electron chi connectivity index (χ0n) is 7.57. The van der Waals surface area contributed by atoms with E-state index in [1.165, 1.54) is 16.2 Å². The van der Waals surface area contributed by atoms with E-state index < -0.39 is 0 Å². The van der Waals surface area contributed by atoms with Crippen molar-refractivity contribution in [3.05, 3.63) is 54.9 Å². The van der Waals surface area contributed by atoms with Gasteiger partial charge in [0.25, 0.3) is 0 Å². The molecule has 14 heavy (non-hydrogen) atoms. The van der Waals surface area contributed by atoms with Crippen LogP contribution in [0.25, 0.3) is 21.5 Å². The molecule has 0 spiro atoms. The highest BCUT2D eigenvalue weighted by Gasteiger charge is 1.98. The van der Waals surface area contributed by atoms with Gasteiger partial charge in [-0.05, 0) is 34.4 Å². The van der Waals surface area contributed by atoms with Gasteiger partial charge in [0.1, 0.15) is 0 Å². The highest BCUT2D eigenvalue weighted by molar-refractivity contribution is 6.06. The molecule has 0 atom stereocenters. The van der Waals surface area contributed by atoms with Crippen molar-refractivity contribution < 1.29 is 0 Å². The van der Waals surface area contributed by atoms with Gasteiger partial charge in [0.05, 0.1) is 0 Å². The van der Waals surface area contributed by atoms with Gasteiger partial charge >= 0.3 is 0 Å². The van der Waals surface area contributed by atoms with E-state index in [1.54, 1.807) is 0 Å². The van der Waals surface area contributed by atoms with E-state index in [1.807, 2.05) is 36.7 Å². The van der Waals surface area contributed by atoms with E-state index in [0.29, 0.717) is 0 Å². The summed E-state index contributed by atoms with van der Waals surface area (Å²) in [5.74, 6) is 0. The van der Waals surface area contributed by atoms with Crippen LogP contribution in [0.1, 0.15) is 0 Å². The second-order valence-corrected chi connectivity index (χ2v) is 3.30. The number of rotatable bonds is 0. The van der Waals surface area contributed by atoms with Gasteiger partial charge in [0, 0.05) is 17.8 Å². The predicted molar refractivity (Wildman–Crippen MR) is 58.1 cm³/mol. The maximum absolute atomic E-state index is 4.15. The Morgan fingerprint density at radius 2 is 1.93 bits per heavy atom. The molecule has 0 N–H and O–H groups in total. The Kier molecular flexibility index (Phi) is 1.51. The lowest BCUT2D eigenvalue weighted by atomic mass is 10.0. The number of nitrogens with zero attached hydrogens (tertiary/aromatic N) is 1. The minimum atomic E-state index is 1.15. The first-order chi connectivity index (χ1) is 6.95. The molecule has 1 heterocycles. The maximum atomic E-state index is 4.15. The fourth-order valence-electron chi connectivity index (χ4n) is 1.76. The number of hydrogen-bond acceptors (Lipinski definition) is 1. The third kappa shape index (κ3) is 0.990. The lowest BCUT2D eigenvalue weighted by Gasteiger charge is -2.01. The van der Waals surface area contributed by atoms with E-state index >= 15 is 0 Å². The number of pyridine rings is 1. The highest BCUT2D eigenvalue weighted by atomic mass is 14.6. The van der Waals surface area contributed by atoms with Crippen molar-refractivity contribution in [1.29, 1.82) is 0 Å². The summed E-state index contributed by atoms with van der Waals surface area (Å²) >= 11 is 0. The smallest absolute Gasteiger partial charge is 0.0352 e. The number of fused-ring (bicyclic) bond motifs is 3. The number of hydrogen-bond donors (Lipinski definition) is 0. The lowest BCUT2D eigenvalue weighted by Crippen LogP contribution is -1.78. The second-order valence-electron chi connectivity index (χ2n) is 3.30. The van der Waals surface area contributed by atoms with E-state index in [4.69, 9.17) is 0 Å². The van der Waals surface area contributed by atoms with E-state index in [2.05, 4.69) is 23.2 Å².